The van der Waals surface area contributed by atoms with E-state index in [1.165, 1.54) is 0 Å². The third kappa shape index (κ3) is 4.09. The fourth-order valence-corrected chi connectivity index (χ4v) is 2.69. The number of ether oxygens (including phenoxy) is 2. The van der Waals surface area contributed by atoms with Crippen molar-refractivity contribution in [1.29, 1.82) is 0 Å². The van der Waals surface area contributed by atoms with E-state index in [1.54, 1.807) is 19.2 Å². The fraction of sp³-hybridized carbons (Fsp3) is 0.100. The van der Waals surface area contributed by atoms with Crippen molar-refractivity contribution in [2.24, 2.45) is 0 Å². The Morgan fingerprint density at radius 2 is 1.44 bits per heavy atom. The molecule has 0 aliphatic carbocycles. The standard InChI is InChI=1S/C20H15ClF2O2/c1-24-20-8-14(2-3-15(20)12-21)13-4-6-18(7-5-13)25-19-10-16(22)9-17(23)11-19/h2-11H,12H2,1H3. The van der Waals surface area contributed by atoms with Crippen LogP contribution in [0.1, 0.15) is 5.56 Å². The molecule has 0 radical (unpaired) electrons. The van der Waals surface area contributed by atoms with Gasteiger partial charge in [-0.3, -0.25) is 0 Å². The molecular weight excluding hydrogens is 346 g/mol. The van der Waals surface area contributed by atoms with Gasteiger partial charge in [-0.25, -0.2) is 8.78 Å². The number of benzene rings is 3. The summed E-state index contributed by atoms with van der Waals surface area (Å²) in [5, 5.41) is 0. The molecule has 5 heteroatoms. The quantitative estimate of drug-likeness (QED) is 0.506. The largest absolute Gasteiger partial charge is 0.496 e. The summed E-state index contributed by atoms with van der Waals surface area (Å²) in [6.07, 6.45) is 0. The van der Waals surface area contributed by atoms with E-state index in [9.17, 15) is 8.78 Å². The molecule has 0 atom stereocenters. The van der Waals surface area contributed by atoms with Crippen molar-refractivity contribution in [3.63, 3.8) is 0 Å². The van der Waals surface area contributed by atoms with Gasteiger partial charge < -0.3 is 9.47 Å². The Labute approximate surface area is 149 Å². The molecule has 0 spiro atoms. The van der Waals surface area contributed by atoms with E-state index >= 15 is 0 Å². The van der Waals surface area contributed by atoms with Crippen LogP contribution in [0.25, 0.3) is 11.1 Å². The normalized spacial score (nSPS) is 10.6. The highest BCUT2D eigenvalue weighted by molar-refractivity contribution is 6.17. The van der Waals surface area contributed by atoms with E-state index in [0.29, 0.717) is 11.6 Å². The summed E-state index contributed by atoms with van der Waals surface area (Å²) in [6, 6.07) is 16.0. The molecule has 0 aliphatic heterocycles. The molecule has 0 saturated heterocycles. The van der Waals surface area contributed by atoms with E-state index in [4.69, 9.17) is 21.1 Å². The van der Waals surface area contributed by atoms with E-state index in [2.05, 4.69) is 0 Å². The van der Waals surface area contributed by atoms with Gasteiger partial charge in [0, 0.05) is 23.8 Å². The van der Waals surface area contributed by atoms with Crippen LogP contribution in [-0.4, -0.2) is 7.11 Å². The highest BCUT2D eigenvalue weighted by Crippen LogP contribution is 2.30. The molecule has 0 aliphatic rings. The highest BCUT2D eigenvalue weighted by Gasteiger charge is 2.07. The van der Waals surface area contributed by atoms with Crippen LogP contribution in [0.5, 0.6) is 17.2 Å². The molecule has 0 amide bonds. The van der Waals surface area contributed by atoms with Crippen molar-refractivity contribution in [2.45, 2.75) is 5.88 Å². The average Bonchev–Trinajstić information content (AvgIpc) is 2.61. The van der Waals surface area contributed by atoms with Crippen molar-refractivity contribution in [3.8, 4) is 28.4 Å². The van der Waals surface area contributed by atoms with E-state index in [-0.39, 0.29) is 5.75 Å². The maximum atomic E-state index is 13.2. The summed E-state index contributed by atoms with van der Waals surface area (Å²) in [5.74, 6) is 0.330. The van der Waals surface area contributed by atoms with Gasteiger partial charge in [0.25, 0.3) is 0 Å². The van der Waals surface area contributed by atoms with Gasteiger partial charge in [-0.1, -0.05) is 24.3 Å². The van der Waals surface area contributed by atoms with Crippen LogP contribution in [-0.2, 0) is 5.88 Å². The zero-order valence-corrected chi connectivity index (χ0v) is 14.2. The third-order valence-electron chi connectivity index (χ3n) is 3.69. The Morgan fingerprint density at radius 1 is 0.800 bits per heavy atom. The zero-order chi connectivity index (χ0) is 17.8. The van der Waals surface area contributed by atoms with Crippen molar-refractivity contribution >= 4 is 11.6 Å². The molecule has 0 heterocycles. The van der Waals surface area contributed by atoms with Crippen LogP contribution in [0, 0.1) is 11.6 Å². The average molecular weight is 361 g/mol. The lowest BCUT2D eigenvalue weighted by Gasteiger charge is -2.10. The number of halogens is 3. The first kappa shape index (κ1) is 17.2. The molecule has 3 rings (SSSR count). The molecule has 0 saturated carbocycles. The Bertz CT molecular complexity index is 859. The van der Waals surface area contributed by atoms with Crippen molar-refractivity contribution < 1.29 is 18.3 Å². The van der Waals surface area contributed by atoms with E-state index in [0.717, 1.165) is 40.6 Å². The maximum Gasteiger partial charge on any atom is 0.133 e. The molecule has 2 nitrogen and oxygen atoms in total. The number of alkyl halides is 1. The number of rotatable bonds is 5. The lowest BCUT2D eigenvalue weighted by Crippen LogP contribution is -1.91. The van der Waals surface area contributed by atoms with E-state index < -0.39 is 11.6 Å². The Morgan fingerprint density at radius 3 is 2.04 bits per heavy atom. The lowest BCUT2D eigenvalue weighted by atomic mass is 10.0. The topological polar surface area (TPSA) is 18.5 Å². The second-order valence-corrected chi connectivity index (χ2v) is 5.66. The molecule has 128 valence electrons. The monoisotopic (exact) mass is 360 g/mol. The molecule has 0 bridgehead atoms. The van der Waals surface area contributed by atoms with E-state index in [1.807, 2.05) is 30.3 Å². The van der Waals surface area contributed by atoms with Gasteiger partial charge in [-0.2, -0.15) is 0 Å². The molecule has 3 aromatic carbocycles. The molecule has 3 aromatic rings. The first-order valence-electron chi connectivity index (χ1n) is 7.56. The number of hydrogen-bond acceptors (Lipinski definition) is 2. The Balaban J connectivity index is 1.82. The van der Waals surface area contributed by atoms with Gasteiger partial charge in [0.1, 0.15) is 28.9 Å². The lowest BCUT2D eigenvalue weighted by molar-refractivity contribution is 0.411. The van der Waals surface area contributed by atoms with Gasteiger partial charge >= 0.3 is 0 Å². The van der Waals surface area contributed by atoms with Crippen LogP contribution < -0.4 is 9.47 Å². The number of methoxy groups -OCH3 is 1. The predicted octanol–water partition coefficient (Wildman–Crippen LogP) is 6.17. The van der Waals surface area contributed by atoms with Crippen molar-refractivity contribution in [1.82, 2.24) is 0 Å². The summed E-state index contributed by atoms with van der Waals surface area (Å²) in [7, 11) is 1.60. The van der Waals surface area contributed by atoms with Gasteiger partial charge in [0.15, 0.2) is 0 Å². The van der Waals surface area contributed by atoms with Crippen molar-refractivity contribution in [2.75, 3.05) is 7.11 Å². The van der Waals surface area contributed by atoms with Crippen molar-refractivity contribution in [3.05, 3.63) is 77.9 Å². The van der Waals surface area contributed by atoms with Crippen LogP contribution in [0.2, 0.25) is 0 Å². The maximum absolute atomic E-state index is 13.2. The molecule has 0 N–H and O–H groups in total. The minimum absolute atomic E-state index is 0.110. The Hall–Kier alpha value is -2.59. The van der Waals surface area contributed by atoms with Gasteiger partial charge in [0.05, 0.1) is 13.0 Å². The van der Waals surface area contributed by atoms with Crippen LogP contribution in [0.4, 0.5) is 8.78 Å². The second kappa shape index (κ2) is 7.53. The summed E-state index contributed by atoms with van der Waals surface area (Å²) in [4.78, 5) is 0. The minimum atomic E-state index is -0.682. The zero-order valence-electron chi connectivity index (χ0n) is 13.4. The van der Waals surface area contributed by atoms with Crippen LogP contribution >= 0.6 is 11.6 Å². The molecule has 0 fully saturated rings. The third-order valence-corrected chi connectivity index (χ3v) is 3.98. The highest BCUT2D eigenvalue weighted by atomic mass is 35.5. The molecule has 25 heavy (non-hydrogen) atoms. The predicted molar refractivity (Wildman–Crippen MR) is 94.4 cm³/mol. The van der Waals surface area contributed by atoms with Crippen LogP contribution in [0.3, 0.4) is 0 Å². The molecular formula is C20H15ClF2O2. The molecule has 0 unspecified atom stereocenters. The second-order valence-electron chi connectivity index (χ2n) is 5.39. The minimum Gasteiger partial charge on any atom is -0.496 e. The smallest absolute Gasteiger partial charge is 0.133 e. The summed E-state index contributed by atoms with van der Waals surface area (Å²) in [6.45, 7) is 0. The first-order chi connectivity index (χ1) is 12.1. The van der Waals surface area contributed by atoms with Gasteiger partial charge in [-0.05, 0) is 29.3 Å². The summed E-state index contributed by atoms with van der Waals surface area (Å²) >= 11 is 5.88. The summed E-state index contributed by atoms with van der Waals surface area (Å²) in [5.41, 5.74) is 2.84. The summed E-state index contributed by atoms with van der Waals surface area (Å²) < 4.78 is 37.2. The fourth-order valence-electron chi connectivity index (χ4n) is 2.47. The number of hydrogen-bond donors (Lipinski definition) is 0. The van der Waals surface area contributed by atoms with Gasteiger partial charge in [-0.15, -0.1) is 11.6 Å². The Kier molecular flexibility index (Phi) is 5.19. The molecule has 0 aromatic heterocycles. The SMILES string of the molecule is COc1cc(-c2ccc(Oc3cc(F)cc(F)c3)cc2)ccc1CCl. The van der Waals surface area contributed by atoms with Gasteiger partial charge in [0.2, 0.25) is 0 Å². The first-order valence-corrected chi connectivity index (χ1v) is 8.10. The van der Waals surface area contributed by atoms with Crippen LogP contribution in [0.15, 0.2) is 60.7 Å².